The number of fused-ring (bicyclic) bond motifs is 1. The Morgan fingerprint density at radius 3 is 2.86 bits per heavy atom. The molecule has 0 spiro atoms. The lowest BCUT2D eigenvalue weighted by molar-refractivity contribution is -0.122. The van der Waals surface area contributed by atoms with Crippen LogP contribution in [0.4, 0.5) is 0 Å². The van der Waals surface area contributed by atoms with Crippen LogP contribution in [0.15, 0.2) is 28.1 Å². The van der Waals surface area contributed by atoms with Crippen LogP contribution in [-0.4, -0.2) is 62.0 Å². The molecular weight excluding hydrogens is 418 g/mol. The lowest BCUT2D eigenvalue weighted by Crippen LogP contribution is -2.47. The molecule has 0 aliphatic carbocycles. The van der Waals surface area contributed by atoms with Crippen LogP contribution in [0, 0.1) is 0 Å². The van der Waals surface area contributed by atoms with E-state index in [0.717, 1.165) is 34.2 Å². The largest absolute Gasteiger partial charge is 0.383 e. The number of thioether (sulfide) groups is 1. The van der Waals surface area contributed by atoms with Gasteiger partial charge in [0.15, 0.2) is 4.80 Å². The number of nitrogens with zero attached hydrogens (tertiary/aromatic N) is 3. The van der Waals surface area contributed by atoms with Gasteiger partial charge in [-0.2, -0.15) is 9.30 Å². The fourth-order valence-electron chi connectivity index (χ4n) is 3.38. The van der Waals surface area contributed by atoms with Crippen molar-refractivity contribution in [3.05, 3.63) is 23.0 Å². The van der Waals surface area contributed by atoms with Crippen LogP contribution in [-0.2, 0) is 26.1 Å². The van der Waals surface area contributed by atoms with E-state index in [1.807, 2.05) is 23.0 Å². The highest BCUT2D eigenvalue weighted by Crippen LogP contribution is 2.25. The Labute approximate surface area is 173 Å². The van der Waals surface area contributed by atoms with Crippen molar-refractivity contribution < 1.29 is 17.9 Å². The van der Waals surface area contributed by atoms with Crippen molar-refractivity contribution in [1.82, 2.24) is 8.87 Å². The number of sulfonamides is 1. The van der Waals surface area contributed by atoms with E-state index in [4.69, 9.17) is 4.74 Å². The molecule has 0 bridgehead atoms. The van der Waals surface area contributed by atoms with Crippen LogP contribution in [0.2, 0.25) is 0 Å². The van der Waals surface area contributed by atoms with E-state index in [1.54, 1.807) is 18.9 Å². The maximum Gasteiger partial charge on any atom is 0.266 e. The fraction of sp³-hybridized carbons (Fsp3) is 0.556. The maximum absolute atomic E-state index is 12.9. The molecule has 1 fully saturated rings. The minimum Gasteiger partial charge on any atom is -0.383 e. The molecule has 10 heteroatoms. The van der Waals surface area contributed by atoms with Crippen molar-refractivity contribution >= 4 is 49.2 Å². The van der Waals surface area contributed by atoms with Gasteiger partial charge in [0, 0.05) is 25.1 Å². The number of hydrogen-bond donors (Lipinski definition) is 0. The third-order valence-corrected chi connectivity index (χ3v) is 7.84. The Morgan fingerprint density at radius 1 is 1.39 bits per heavy atom. The summed E-state index contributed by atoms with van der Waals surface area (Å²) in [6.07, 6.45) is 5.28. The second-order valence-electron chi connectivity index (χ2n) is 6.70. The molecule has 1 aromatic heterocycles. The zero-order valence-electron chi connectivity index (χ0n) is 16.3. The molecule has 154 valence electrons. The van der Waals surface area contributed by atoms with E-state index in [1.165, 1.54) is 15.6 Å². The Hall–Kier alpha value is -1.20. The maximum atomic E-state index is 12.9. The third-order valence-electron chi connectivity index (χ3n) is 4.78. The summed E-state index contributed by atoms with van der Waals surface area (Å²) in [6, 6.07) is 5.44. The molecule has 3 rings (SSSR count). The first-order valence-electron chi connectivity index (χ1n) is 9.07. The SMILES string of the molecule is COCCn1c(=NC(=O)C2CCCCN2S(C)(=O)=O)sc2cc(SC)ccc21. The summed E-state index contributed by atoms with van der Waals surface area (Å²) in [5.41, 5.74) is 0.995. The van der Waals surface area contributed by atoms with Crippen molar-refractivity contribution in [3.63, 3.8) is 0 Å². The van der Waals surface area contributed by atoms with Crippen LogP contribution >= 0.6 is 23.1 Å². The Morgan fingerprint density at radius 2 is 2.18 bits per heavy atom. The molecule has 1 aromatic carbocycles. The number of thiazole rings is 1. The van der Waals surface area contributed by atoms with Crippen molar-refractivity contribution in [2.45, 2.75) is 36.7 Å². The molecule has 7 nitrogen and oxygen atoms in total. The quantitative estimate of drug-likeness (QED) is 0.640. The fourth-order valence-corrected chi connectivity index (χ4v) is 6.12. The molecule has 1 atom stereocenters. The van der Waals surface area contributed by atoms with Gasteiger partial charge in [-0.05, 0) is 37.3 Å². The number of aromatic nitrogens is 1. The first kappa shape index (κ1) is 21.5. The van der Waals surface area contributed by atoms with E-state index in [2.05, 4.69) is 11.1 Å². The van der Waals surface area contributed by atoms with Gasteiger partial charge in [-0.1, -0.05) is 17.8 Å². The second-order valence-corrected chi connectivity index (χ2v) is 10.5. The number of piperidine rings is 1. The highest BCUT2D eigenvalue weighted by Gasteiger charge is 2.34. The Balaban J connectivity index is 2.04. The van der Waals surface area contributed by atoms with Crippen LogP contribution < -0.4 is 4.80 Å². The average molecular weight is 444 g/mol. The normalized spacial score (nSPS) is 19.4. The number of hydrogen-bond acceptors (Lipinski definition) is 6. The molecular formula is C18H25N3O4S3. The van der Waals surface area contributed by atoms with Gasteiger partial charge in [-0.25, -0.2) is 8.42 Å². The first-order chi connectivity index (χ1) is 13.3. The number of amides is 1. The molecule has 1 unspecified atom stereocenters. The van der Waals surface area contributed by atoms with Crippen LogP contribution in [0.25, 0.3) is 10.2 Å². The van der Waals surface area contributed by atoms with Gasteiger partial charge in [-0.15, -0.1) is 11.8 Å². The van der Waals surface area contributed by atoms with Gasteiger partial charge in [-0.3, -0.25) is 4.79 Å². The molecule has 2 aromatic rings. The van der Waals surface area contributed by atoms with E-state index in [9.17, 15) is 13.2 Å². The predicted molar refractivity (Wildman–Crippen MR) is 113 cm³/mol. The van der Waals surface area contributed by atoms with E-state index >= 15 is 0 Å². The minimum atomic E-state index is -3.44. The van der Waals surface area contributed by atoms with Crippen molar-refractivity contribution in [1.29, 1.82) is 0 Å². The highest BCUT2D eigenvalue weighted by molar-refractivity contribution is 7.98. The minimum absolute atomic E-state index is 0.373. The monoisotopic (exact) mass is 443 g/mol. The molecule has 1 amide bonds. The molecule has 2 heterocycles. The summed E-state index contributed by atoms with van der Waals surface area (Å²) in [5, 5.41) is 0. The summed E-state index contributed by atoms with van der Waals surface area (Å²) < 4.78 is 33.7. The average Bonchev–Trinajstić information content (AvgIpc) is 3.01. The summed E-state index contributed by atoms with van der Waals surface area (Å²) in [6.45, 7) is 1.44. The number of methoxy groups -OCH3 is 1. The number of carbonyl (C=O) groups is 1. The highest BCUT2D eigenvalue weighted by atomic mass is 32.2. The number of benzene rings is 1. The van der Waals surface area contributed by atoms with Gasteiger partial charge in [0.2, 0.25) is 10.0 Å². The summed E-state index contributed by atoms with van der Waals surface area (Å²) >= 11 is 3.10. The van der Waals surface area contributed by atoms with Crippen LogP contribution in [0.3, 0.4) is 0 Å². The van der Waals surface area contributed by atoms with Gasteiger partial charge in [0.05, 0.1) is 23.1 Å². The first-order valence-corrected chi connectivity index (χ1v) is 13.0. The van der Waals surface area contributed by atoms with Crippen LogP contribution in [0.5, 0.6) is 0 Å². The number of ether oxygens (including phenoxy) is 1. The van der Waals surface area contributed by atoms with Gasteiger partial charge >= 0.3 is 0 Å². The van der Waals surface area contributed by atoms with Gasteiger partial charge in [0.1, 0.15) is 6.04 Å². The Bertz CT molecular complexity index is 1030. The lowest BCUT2D eigenvalue weighted by atomic mass is 10.0. The molecule has 1 aliphatic rings. The van der Waals surface area contributed by atoms with Gasteiger partial charge < -0.3 is 9.30 Å². The standard InChI is InChI=1S/C18H25N3O4S3/c1-25-11-10-20-14-8-7-13(26-2)12-16(14)27-18(20)19-17(22)15-6-4-5-9-21(15)28(3,23)24/h7-8,12,15H,4-6,9-11H2,1-3H3. The molecule has 0 saturated carbocycles. The zero-order chi connectivity index (χ0) is 20.3. The molecule has 1 aliphatic heterocycles. The summed E-state index contributed by atoms with van der Waals surface area (Å²) in [7, 11) is -1.81. The summed E-state index contributed by atoms with van der Waals surface area (Å²) in [4.78, 5) is 19.0. The lowest BCUT2D eigenvalue weighted by Gasteiger charge is -2.31. The topological polar surface area (TPSA) is 81.0 Å². The zero-order valence-corrected chi connectivity index (χ0v) is 18.7. The molecule has 0 radical (unpaired) electrons. The molecule has 28 heavy (non-hydrogen) atoms. The smallest absolute Gasteiger partial charge is 0.266 e. The van der Waals surface area contributed by atoms with E-state index in [-0.39, 0.29) is 0 Å². The van der Waals surface area contributed by atoms with Crippen molar-refractivity contribution in [3.8, 4) is 0 Å². The van der Waals surface area contributed by atoms with Crippen molar-refractivity contribution in [2.24, 2.45) is 4.99 Å². The van der Waals surface area contributed by atoms with E-state index < -0.39 is 22.0 Å². The van der Waals surface area contributed by atoms with Gasteiger partial charge in [0.25, 0.3) is 5.91 Å². The summed E-state index contributed by atoms with van der Waals surface area (Å²) in [5.74, 6) is -0.395. The third kappa shape index (κ3) is 4.68. The van der Waals surface area contributed by atoms with E-state index in [0.29, 0.717) is 30.9 Å². The predicted octanol–water partition coefficient (Wildman–Crippen LogP) is 2.31. The van der Waals surface area contributed by atoms with Crippen molar-refractivity contribution in [2.75, 3.05) is 32.8 Å². The molecule has 0 N–H and O–H groups in total. The Kier molecular flexibility index (Phi) is 6.98. The number of carbonyl (C=O) groups excluding carboxylic acids is 1. The van der Waals surface area contributed by atoms with Crippen LogP contribution in [0.1, 0.15) is 19.3 Å². The molecule has 1 saturated heterocycles. The number of rotatable bonds is 6. The second kappa shape index (κ2) is 9.08.